The van der Waals surface area contributed by atoms with Crippen LogP contribution in [0.4, 0.5) is 0 Å². The lowest BCUT2D eigenvalue weighted by Gasteiger charge is -2.15. The van der Waals surface area contributed by atoms with E-state index in [4.69, 9.17) is 4.42 Å². The molecule has 0 saturated heterocycles. The number of aromatic hydroxyl groups is 2. The standard InChI is InChI=1S/C27H15NO6/c29-14-10-11-17-18(12-14)34-27(33)21(25(17)31)19-20-23(28-22(19)13-6-2-1-3-7-13)26(32)16-9-5-4-8-15(16)24(20)30/h1-12,28-29,31H. The minimum Gasteiger partial charge on any atom is -0.508 e. The van der Waals surface area contributed by atoms with Crippen LogP contribution in [0.25, 0.3) is 33.4 Å². The Morgan fingerprint density at radius 2 is 1.35 bits per heavy atom. The summed E-state index contributed by atoms with van der Waals surface area (Å²) in [4.78, 5) is 43.1. The largest absolute Gasteiger partial charge is 0.508 e. The number of phenols is 1. The Bertz CT molecular complexity index is 1730. The van der Waals surface area contributed by atoms with Crippen LogP contribution in [0.15, 0.2) is 82.0 Å². The fraction of sp³-hybridized carbons (Fsp3) is 0. The molecular weight excluding hydrogens is 434 g/mol. The van der Waals surface area contributed by atoms with E-state index in [1.807, 2.05) is 6.07 Å². The first kappa shape index (κ1) is 19.8. The van der Waals surface area contributed by atoms with Crippen LogP contribution in [-0.4, -0.2) is 26.8 Å². The maximum atomic E-state index is 13.6. The minimum atomic E-state index is -0.909. The highest BCUT2D eigenvalue weighted by atomic mass is 16.4. The van der Waals surface area contributed by atoms with Gasteiger partial charge in [0.05, 0.1) is 22.3 Å². The van der Waals surface area contributed by atoms with Crippen LogP contribution >= 0.6 is 0 Å². The highest BCUT2D eigenvalue weighted by Crippen LogP contribution is 2.44. The molecule has 5 aromatic rings. The van der Waals surface area contributed by atoms with Crippen molar-refractivity contribution in [2.75, 3.05) is 0 Å². The predicted octanol–water partition coefficient (Wildman–Crippen LogP) is 4.64. The third-order valence-electron chi connectivity index (χ3n) is 6.05. The number of hydrogen-bond donors (Lipinski definition) is 3. The molecule has 34 heavy (non-hydrogen) atoms. The Hall–Kier alpha value is -4.91. The average molecular weight is 449 g/mol. The second-order valence-corrected chi connectivity index (χ2v) is 7.99. The molecule has 1 aliphatic carbocycles. The fourth-order valence-electron chi connectivity index (χ4n) is 4.51. The number of hydrogen-bond acceptors (Lipinski definition) is 6. The number of aromatic nitrogens is 1. The first-order valence-electron chi connectivity index (χ1n) is 10.4. The summed E-state index contributed by atoms with van der Waals surface area (Å²) in [7, 11) is 0. The average Bonchev–Trinajstić information content (AvgIpc) is 3.23. The van der Waals surface area contributed by atoms with Gasteiger partial charge in [0.25, 0.3) is 0 Å². The molecule has 0 radical (unpaired) electrons. The van der Waals surface area contributed by atoms with Crippen LogP contribution in [0.1, 0.15) is 32.0 Å². The molecule has 0 saturated carbocycles. The second kappa shape index (κ2) is 7.05. The monoisotopic (exact) mass is 449 g/mol. The third kappa shape index (κ3) is 2.67. The van der Waals surface area contributed by atoms with Gasteiger partial charge in [-0.3, -0.25) is 9.59 Å². The predicted molar refractivity (Wildman–Crippen MR) is 124 cm³/mol. The van der Waals surface area contributed by atoms with Crippen molar-refractivity contribution in [2.24, 2.45) is 0 Å². The van der Waals surface area contributed by atoms with E-state index in [0.29, 0.717) is 11.3 Å². The maximum Gasteiger partial charge on any atom is 0.348 e. The van der Waals surface area contributed by atoms with Crippen molar-refractivity contribution in [2.45, 2.75) is 0 Å². The molecular formula is C27H15NO6. The number of carbonyl (C=O) groups excluding carboxylic acids is 2. The lowest BCUT2D eigenvalue weighted by atomic mass is 9.84. The van der Waals surface area contributed by atoms with Gasteiger partial charge >= 0.3 is 5.63 Å². The van der Waals surface area contributed by atoms with Crippen molar-refractivity contribution < 1.29 is 24.2 Å². The van der Waals surface area contributed by atoms with Gasteiger partial charge in [-0.2, -0.15) is 0 Å². The van der Waals surface area contributed by atoms with E-state index in [9.17, 15) is 24.6 Å². The smallest absolute Gasteiger partial charge is 0.348 e. The van der Waals surface area contributed by atoms with Gasteiger partial charge < -0.3 is 19.6 Å². The van der Waals surface area contributed by atoms with Gasteiger partial charge in [-0.05, 0) is 17.7 Å². The molecule has 1 aliphatic rings. The first-order valence-corrected chi connectivity index (χ1v) is 10.4. The zero-order valence-corrected chi connectivity index (χ0v) is 17.5. The van der Waals surface area contributed by atoms with Crippen molar-refractivity contribution in [1.29, 1.82) is 0 Å². The van der Waals surface area contributed by atoms with Gasteiger partial charge in [0.15, 0.2) is 5.78 Å². The van der Waals surface area contributed by atoms with Crippen LogP contribution in [0.2, 0.25) is 0 Å². The van der Waals surface area contributed by atoms with Gasteiger partial charge in [-0.1, -0.05) is 54.6 Å². The Kier molecular flexibility index (Phi) is 4.09. The highest BCUT2D eigenvalue weighted by molar-refractivity contribution is 6.31. The summed E-state index contributed by atoms with van der Waals surface area (Å²) in [6, 6.07) is 19.4. The van der Waals surface area contributed by atoms with E-state index < -0.39 is 17.2 Å². The molecule has 7 nitrogen and oxygen atoms in total. The summed E-state index contributed by atoms with van der Waals surface area (Å²) in [5, 5.41) is 21.1. The SMILES string of the molecule is O=C1c2ccccc2C(=O)c2c1[nH]c(-c1ccccc1)c2-c1c(O)c2ccc(O)cc2oc1=O. The van der Waals surface area contributed by atoms with Gasteiger partial charge in [0, 0.05) is 22.8 Å². The number of phenolic OH excluding ortho intramolecular Hbond substituents is 1. The van der Waals surface area contributed by atoms with E-state index in [-0.39, 0.29) is 56.0 Å². The molecule has 0 spiro atoms. The van der Waals surface area contributed by atoms with Gasteiger partial charge in [-0.25, -0.2) is 4.79 Å². The van der Waals surface area contributed by atoms with Crippen LogP contribution in [0.3, 0.4) is 0 Å². The number of fused-ring (bicyclic) bond motifs is 3. The van der Waals surface area contributed by atoms with Gasteiger partial charge in [0.1, 0.15) is 22.6 Å². The summed E-state index contributed by atoms with van der Waals surface area (Å²) in [5.74, 6) is -1.38. The molecule has 3 aromatic carbocycles. The number of rotatable bonds is 2. The maximum absolute atomic E-state index is 13.6. The molecule has 0 fully saturated rings. The normalized spacial score (nSPS) is 12.6. The quantitative estimate of drug-likeness (QED) is 0.331. The summed E-state index contributed by atoms with van der Waals surface area (Å²) in [5.41, 5.74) is 0.406. The zero-order valence-electron chi connectivity index (χ0n) is 17.5. The van der Waals surface area contributed by atoms with Crippen LogP contribution < -0.4 is 5.63 Å². The molecule has 6 rings (SSSR count). The third-order valence-corrected chi connectivity index (χ3v) is 6.05. The van der Waals surface area contributed by atoms with Crippen molar-refractivity contribution in [3.8, 4) is 33.9 Å². The molecule has 2 aromatic heterocycles. The molecule has 3 N–H and O–H groups in total. The van der Waals surface area contributed by atoms with Crippen molar-refractivity contribution in [1.82, 2.24) is 4.98 Å². The minimum absolute atomic E-state index is 0.00304. The lowest BCUT2D eigenvalue weighted by Crippen LogP contribution is -2.21. The molecule has 2 heterocycles. The number of ketones is 2. The molecule has 0 amide bonds. The summed E-state index contributed by atoms with van der Waals surface area (Å²) < 4.78 is 5.41. The molecule has 0 aliphatic heterocycles. The summed E-state index contributed by atoms with van der Waals surface area (Å²) >= 11 is 0. The summed E-state index contributed by atoms with van der Waals surface area (Å²) in [6.45, 7) is 0. The van der Waals surface area contributed by atoms with Crippen LogP contribution in [0.5, 0.6) is 11.5 Å². The number of carbonyl (C=O) groups is 2. The Balaban J connectivity index is 1.75. The number of aromatic amines is 1. The van der Waals surface area contributed by atoms with E-state index >= 15 is 0 Å². The number of H-pyrrole nitrogens is 1. The molecule has 0 atom stereocenters. The van der Waals surface area contributed by atoms with Crippen molar-refractivity contribution >= 4 is 22.5 Å². The van der Waals surface area contributed by atoms with E-state index in [1.165, 1.54) is 18.2 Å². The summed E-state index contributed by atoms with van der Waals surface area (Å²) in [6.07, 6.45) is 0. The van der Waals surface area contributed by atoms with Crippen LogP contribution in [0, 0.1) is 0 Å². The zero-order chi connectivity index (χ0) is 23.6. The highest BCUT2D eigenvalue weighted by Gasteiger charge is 2.37. The Morgan fingerprint density at radius 3 is 2.09 bits per heavy atom. The van der Waals surface area contributed by atoms with E-state index in [1.54, 1.807) is 48.5 Å². The Labute approximate surface area is 191 Å². The van der Waals surface area contributed by atoms with Gasteiger partial charge in [0.2, 0.25) is 5.78 Å². The lowest BCUT2D eigenvalue weighted by molar-refractivity contribution is 0.0977. The second-order valence-electron chi connectivity index (χ2n) is 7.99. The van der Waals surface area contributed by atoms with Crippen LogP contribution in [-0.2, 0) is 0 Å². The van der Waals surface area contributed by atoms with Crippen molar-refractivity contribution in [3.63, 3.8) is 0 Å². The van der Waals surface area contributed by atoms with Gasteiger partial charge in [-0.15, -0.1) is 0 Å². The number of benzene rings is 3. The molecule has 7 heteroatoms. The van der Waals surface area contributed by atoms with Crippen molar-refractivity contribution in [3.05, 3.63) is 106 Å². The van der Waals surface area contributed by atoms with E-state index in [2.05, 4.69) is 4.98 Å². The Morgan fingerprint density at radius 1 is 0.676 bits per heavy atom. The molecule has 0 bridgehead atoms. The molecule has 0 unspecified atom stereocenters. The number of nitrogens with one attached hydrogen (secondary N) is 1. The van der Waals surface area contributed by atoms with E-state index in [0.717, 1.165) is 0 Å². The molecule has 164 valence electrons. The topological polar surface area (TPSA) is 121 Å². The fourth-order valence-corrected chi connectivity index (χ4v) is 4.51. The first-order chi connectivity index (χ1) is 16.5.